The van der Waals surface area contributed by atoms with Crippen LogP contribution in [0.2, 0.25) is 0 Å². The highest BCUT2D eigenvalue weighted by atomic mass is 79.9. The molecule has 0 saturated heterocycles. The van der Waals surface area contributed by atoms with E-state index >= 15 is 0 Å². The number of carbonyl (C=O) groups is 2. The summed E-state index contributed by atoms with van der Waals surface area (Å²) in [7, 11) is 1.52. The second kappa shape index (κ2) is 10.6. The molecule has 0 unspecified atom stereocenters. The molecule has 0 fully saturated rings. The Morgan fingerprint density at radius 1 is 1.06 bits per heavy atom. The highest BCUT2D eigenvalue weighted by molar-refractivity contribution is 9.10. The molecule has 0 saturated carbocycles. The third-order valence-electron chi connectivity index (χ3n) is 5.31. The number of halogens is 1. The van der Waals surface area contributed by atoms with Crippen LogP contribution in [0.15, 0.2) is 81.9 Å². The van der Waals surface area contributed by atoms with Gasteiger partial charge >= 0.3 is 0 Å². The summed E-state index contributed by atoms with van der Waals surface area (Å²) in [4.78, 5) is 25.3. The van der Waals surface area contributed by atoms with Crippen LogP contribution in [-0.2, 0) is 9.59 Å². The molecule has 178 valence electrons. The van der Waals surface area contributed by atoms with Crippen molar-refractivity contribution in [1.29, 1.82) is 0 Å². The molecule has 1 aliphatic heterocycles. The summed E-state index contributed by atoms with van der Waals surface area (Å²) in [5, 5.41) is 8.59. The Balaban J connectivity index is 1.46. The number of anilines is 2. The number of benzene rings is 3. The van der Waals surface area contributed by atoms with Gasteiger partial charge in [-0.1, -0.05) is 45.8 Å². The average Bonchev–Trinajstić information content (AvgIpc) is 3.13. The highest BCUT2D eigenvalue weighted by Crippen LogP contribution is 2.31. The summed E-state index contributed by atoms with van der Waals surface area (Å²) in [6.45, 7) is 3.61. The predicted octanol–water partition coefficient (Wildman–Crippen LogP) is 5.59. The predicted molar refractivity (Wildman–Crippen MR) is 141 cm³/mol. The fraction of sp³-hybridized carbons (Fsp3) is 0.148. The van der Waals surface area contributed by atoms with Gasteiger partial charge in [-0.3, -0.25) is 9.59 Å². The third-order valence-corrected chi connectivity index (χ3v) is 5.80. The van der Waals surface area contributed by atoms with E-state index in [4.69, 9.17) is 9.47 Å². The zero-order valence-corrected chi connectivity index (χ0v) is 21.1. The van der Waals surface area contributed by atoms with Gasteiger partial charge in [0.25, 0.3) is 11.8 Å². The minimum Gasteiger partial charge on any atom is -0.493 e. The van der Waals surface area contributed by atoms with Crippen molar-refractivity contribution in [2.45, 2.75) is 13.8 Å². The lowest BCUT2D eigenvalue weighted by atomic mass is 10.1. The summed E-state index contributed by atoms with van der Waals surface area (Å²) in [6.07, 6.45) is 1.76. The summed E-state index contributed by atoms with van der Waals surface area (Å²) < 4.78 is 12.0. The third kappa shape index (κ3) is 5.78. The summed E-state index contributed by atoms with van der Waals surface area (Å²) in [5.41, 5.74) is 4.33. The van der Waals surface area contributed by atoms with E-state index in [1.165, 1.54) is 12.1 Å². The standard InChI is InChI=1S/C27H24BrN3O4/c1-17-7-10-21(11-8-17)29-26(32)16-35-24-12-9-19(14-25(24)34-3)13-23-18(2)30-31(27(23)33)22-6-4-5-20(28)15-22/h4-15H,16H2,1-3H3,(H,29,32)/b23-13-. The topological polar surface area (TPSA) is 80.2 Å². The zero-order valence-electron chi connectivity index (χ0n) is 19.5. The van der Waals surface area contributed by atoms with E-state index in [1.807, 2.05) is 55.5 Å². The van der Waals surface area contributed by atoms with Crippen molar-refractivity contribution in [2.75, 3.05) is 24.0 Å². The van der Waals surface area contributed by atoms with Gasteiger partial charge in [0, 0.05) is 10.2 Å². The Morgan fingerprint density at radius 3 is 2.54 bits per heavy atom. The molecule has 3 aromatic carbocycles. The molecule has 2 amide bonds. The van der Waals surface area contributed by atoms with Crippen LogP contribution >= 0.6 is 15.9 Å². The lowest BCUT2D eigenvalue weighted by Crippen LogP contribution is -2.21. The van der Waals surface area contributed by atoms with Crippen LogP contribution in [0.25, 0.3) is 6.08 Å². The number of aryl methyl sites for hydroxylation is 1. The number of rotatable bonds is 7. The van der Waals surface area contributed by atoms with E-state index in [0.29, 0.717) is 34.2 Å². The number of hydrogen-bond acceptors (Lipinski definition) is 5. The van der Waals surface area contributed by atoms with E-state index in [1.54, 1.807) is 31.2 Å². The van der Waals surface area contributed by atoms with Crippen LogP contribution in [0.5, 0.6) is 11.5 Å². The first-order valence-corrected chi connectivity index (χ1v) is 11.7. The molecule has 0 atom stereocenters. The number of carbonyl (C=O) groups excluding carboxylic acids is 2. The number of hydrazone groups is 1. The fourth-order valence-corrected chi connectivity index (χ4v) is 3.89. The van der Waals surface area contributed by atoms with Gasteiger partial charge in [0.2, 0.25) is 0 Å². The van der Waals surface area contributed by atoms with Gasteiger partial charge in [-0.2, -0.15) is 10.1 Å². The Kier molecular flexibility index (Phi) is 7.31. The molecule has 3 aromatic rings. The Bertz CT molecular complexity index is 1330. The molecular weight excluding hydrogens is 510 g/mol. The van der Waals surface area contributed by atoms with E-state index in [-0.39, 0.29) is 18.4 Å². The quantitative estimate of drug-likeness (QED) is 0.401. The Hall–Kier alpha value is -3.91. The van der Waals surface area contributed by atoms with Crippen molar-refractivity contribution in [2.24, 2.45) is 5.10 Å². The zero-order chi connectivity index (χ0) is 24.9. The van der Waals surface area contributed by atoms with Crippen LogP contribution < -0.4 is 19.8 Å². The van der Waals surface area contributed by atoms with Gasteiger partial charge in [-0.05, 0) is 68.0 Å². The first-order chi connectivity index (χ1) is 16.8. The maximum Gasteiger partial charge on any atom is 0.280 e. The molecule has 4 rings (SSSR count). The molecule has 7 nitrogen and oxygen atoms in total. The second-order valence-electron chi connectivity index (χ2n) is 7.95. The Labute approximate surface area is 212 Å². The molecule has 1 aliphatic rings. The van der Waals surface area contributed by atoms with Crippen LogP contribution in [0.3, 0.4) is 0 Å². The summed E-state index contributed by atoms with van der Waals surface area (Å²) in [5.74, 6) is 0.379. The minimum atomic E-state index is -0.280. The van der Waals surface area contributed by atoms with Crippen LogP contribution in [0.4, 0.5) is 11.4 Å². The van der Waals surface area contributed by atoms with E-state index in [9.17, 15) is 9.59 Å². The van der Waals surface area contributed by atoms with Crippen LogP contribution in [-0.4, -0.2) is 31.2 Å². The van der Waals surface area contributed by atoms with Crippen molar-refractivity contribution in [3.05, 3.63) is 87.9 Å². The molecule has 8 heteroatoms. The molecule has 1 heterocycles. The minimum absolute atomic E-state index is 0.170. The molecule has 0 bridgehead atoms. The maximum absolute atomic E-state index is 13.0. The number of hydrogen-bond donors (Lipinski definition) is 1. The van der Waals surface area contributed by atoms with Gasteiger partial charge in [0.15, 0.2) is 18.1 Å². The summed E-state index contributed by atoms with van der Waals surface area (Å²) in [6, 6.07) is 20.2. The fourth-order valence-electron chi connectivity index (χ4n) is 3.50. The smallest absolute Gasteiger partial charge is 0.280 e. The van der Waals surface area contributed by atoms with Gasteiger partial charge in [0.05, 0.1) is 24.1 Å². The van der Waals surface area contributed by atoms with Gasteiger partial charge in [-0.25, -0.2) is 0 Å². The molecular formula is C27H24BrN3O4. The Morgan fingerprint density at radius 2 is 1.83 bits per heavy atom. The van der Waals surface area contributed by atoms with Crippen molar-refractivity contribution < 1.29 is 19.1 Å². The molecule has 0 spiro atoms. The maximum atomic E-state index is 13.0. The van der Waals surface area contributed by atoms with Crippen molar-refractivity contribution >= 4 is 50.9 Å². The molecule has 0 aliphatic carbocycles. The van der Waals surface area contributed by atoms with Gasteiger partial charge in [0.1, 0.15) is 0 Å². The highest BCUT2D eigenvalue weighted by Gasteiger charge is 2.28. The van der Waals surface area contributed by atoms with Gasteiger partial charge in [-0.15, -0.1) is 0 Å². The molecule has 0 radical (unpaired) electrons. The van der Waals surface area contributed by atoms with E-state index in [0.717, 1.165) is 15.6 Å². The number of nitrogens with one attached hydrogen (secondary N) is 1. The van der Waals surface area contributed by atoms with Gasteiger partial charge < -0.3 is 14.8 Å². The largest absolute Gasteiger partial charge is 0.493 e. The first-order valence-electron chi connectivity index (χ1n) is 10.9. The van der Waals surface area contributed by atoms with Crippen LogP contribution in [0.1, 0.15) is 18.1 Å². The SMILES string of the molecule is COc1cc(/C=C2\C(=O)N(c3cccc(Br)c3)N=C2C)ccc1OCC(=O)Nc1ccc(C)cc1. The number of nitrogens with zero attached hydrogens (tertiary/aromatic N) is 2. The average molecular weight is 534 g/mol. The molecule has 0 aromatic heterocycles. The number of methoxy groups -OCH3 is 1. The summed E-state index contributed by atoms with van der Waals surface area (Å²) >= 11 is 3.42. The van der Waals surface area contributed by atoms with Crippen molar-refractivity contribution in [3.63, 3.8) is 0 Å². The molecule has 35 heavy (non-hydrogen) atoms. The van der Waals surface area contributed by atoms with E-state index in [2.05, 4.69) is 26.3 Å². The number of ether oxygens (including phenoxy) is 2. The second-order valence-corrected chi connectivity index (χ2v) is 8.87. The lowest BCUT2D eigenvalue weighted by Gasteiger charge is -2.13. The lowest BCUT2D eigenvalue weighted by molar-refractivity contribution is -0.118. The monoisotopic (exact) mass is 533 g/mol. The van der Waals surface area contributed by atoms with Crippen molar-refractivity contribution in [3.8, 4) is 11.5 Å². The normalized spacial score (nSPS) is 14.2. The first kappa shape index (κ1) is 24.2. The molecule has 1 N–H and O–H groups in total. The van der Waals surface area contributed by atoms with E-state index < -0.39 is 0 Å². The van der Waals surface area contributed by atoms with Crippen molar-refractivity contribution in [1.82, 2.24) is 0 Å². The number of amides is 2. The van der Waals surface area contributed by atoms with Crippen LogP contribution in [0, 0.1) is 6.92 Å².